The van der Waals surface area contributed by atoms with E-state index in [1.54, 1.807) is 5.56 Å². The summed E-state index contributed by atoms with van der Waals surface area (Å²) in [7, 11) is 0. The summed E-state index contributed by atoms with van der Waals surface area (Å²) in [5, 5.41) is 0. The van der Waals surface area contributed by atoms with Gasteiger partial charge in [-0.25, -0.2) is 0 Å². The molecule has 19 heavy (non-hydrogen) atoms. The van der Waals surface area contributed by atoms with E-state index in [9.17, 15) is 0 Å². The van der Waals surface area contributed by atoms with Crippen LogP contribution in [0.3, 0.4) is 0 Å². The van der Waals surface area contributed by atoms with Crippen molar-refractivity contribution in [1.82, 2.24) is 4.90 Å². The van der Waals surface area contributed by atoms with Crippen molar-refractivity contribution in [3.05, 3.63) is 35.4 Å². The van der Waals surface area contributed by atoms with Crippen molar-refractivity contribution in [2.45, 2.75) is 57.3 Å². The first-order valence-electron chi connectivity index (χ1n) is 8.08. The molecule has 1 aliphatic heterocycles. The highest BCUT2D eigenvalue weighted by atomic mass is 15.1. The average molecular weight is 257 g/mol. The van der Waals surface area contributed by atoms with E-state index in [4.69, 9.17) is 0 Å². The minimum Gasteiger partial charge on any atom is -0.303 e. The topological polar surface area (TPSA) is 3.24 Å². The lowest BCUT2D eigenvalue weighted by molar-refractivity contribution is 0.279. The molecule has 1 saturated carbocycles. The minimum atomic E-state index is 0.496. The van der Waals surface area contributed by atoms with Gasteiger partial charge in [0.2, 0.25) is 0 Å². The molecule has 1 aromatic rings. The van der Waals surface area contributed by atoms with E-state index in [0.29, 0.717) is 5.41 Å². The van der Waals surface area contributed by atoms with Gasteiger partial charge in [0.25, 0.3) is 0 Å². The zero-order valence-electron chi connectivity index (χ0n) is 12.3. The van der Waals surface area contributed by atoms with Crippen LogP contribution in [0.4, 0.5) is 0 Å². The summed E-state index contributed by atoms with van der Waals surface area (Å²) in [6.07, 6.45) is 9.86. The van der Waals surface area contributed by atoms with Crippen molar-refractivity contribution in [2.75, 3.05) is 19.6 Å². The smallest absolute Gasteiger partial charge is 0.00102 e. The van der Waals surface area contributed by atoms with E-state index < -0.39 is 0 Å². The summed E-state index contributed by atoms with van der Waals surface area (Å²) < 4.78 is 0. The van der Waals surface area contributed by atoms with Gasteiger partial charge in [-0.3, -0.25) is 0 Å². The molecule has 0 spiro atoms. The van der Waals surface area contributed by atoms with E-state index in [0.717, 1.165) is 0 Å². The fourth-order valence-electron chi connectivity index (χ4n) is 4.02. The summed E-state index contributed by atoms with van der Waals surface area (Å²) in [5.41, 5.74) is 3.49. The van der Waals surface area contributed by atoms with Crippen LogP contribution in [0.15, 0.2) is 24.3 Å². The maximum atomic E-state index is 2.67. The van der Waals surface area contributed by atoms with Crippen molar-refractivity contribution < 1.29 is 0 Å². The first kappa shape index (κ1) is 13.2. The van der Waals surface area contributed by atoms with Crippen LogP contribution in [0.2, 0.25) is 0 Å². The summed E-state index contributed by atoms with van der Waals surface area (Å²) in [6.45, 7) is 6.18. The standard InChI is InChI=1S/C18H27N/c1-16-6-8-17(9-7-16)18(10-2-3-11-18)12-15-19-13-4-5-14-19/h6-9H,2-5,10-15H2,1H3. The lowest BCUT2D eigenvalue weighted by atomic mass is 9.76. The Bertz CT molecular complexity index is 394. The zero-order valence-corrected chi connectivity index (χ0v) is 12.3. The number of benzene rings is 1. The molecular formula is C18H27N. The lowest BCUT2D eigenvalue weighted by Gasteiger charge is -2.32. The van der Waals surface area contributed by atoms with Crippen molar-refractivity contribution in [1.29, 1.82) is 0 Å². The van der Waals surface area contributed by atoms with Gasteiger partial charge in [-0.15, -0.1) is 0 Å². The summed E-state index contributed by atoms with van der Waals surface area (Å²) in [5.74, 6) is 0. The van der Waals surface area contributed by atoms with Gasteiger partial charge in [-0.2, -0.15) is 0 Å². The molecule has 2 aliphatic rings. The third-order valence-electron chi connectivity index (χ3n) is 5.33. The summed E-state index contributed by atoms with van der Waals surface area (Å²) >= 11 is 0. The van der Waals surface area contributed by atoms with Gasteiger partial charge in [0.15, 0.2) is 0 Å². The van der Waals surface area contributed by atoms with Gasteiger partial charge in [-0.05, 0) is 69.6 Å². The van der Waals surface area contributed by atoms with Gasteiger partial charge in [0, 0.05) is 0 Å². The average Bonchev–Trinajstić information content (AvgIpc) is 3.09. The predicted molar refractivity (Wildman–Crippen MR) is 81.6 cm³/mol. The van der Waals surface area contributed by atoms with Gasteiger partial charge in [-0.1, -0.05) is 42.7 Å². The Balaban J connectivity index is 1.72. The molecular weight excluding hydrogens is 230 g/mol. The molecule has 1 saturated heterocycles. The van der Waals surface area contributed by atoms with Crippen LogP contribution in [0.25, 0.3) is 0 Å². The molecule has 1 aromatic carbocycles. The van der Waals surface area contributed by atoms with Gasteiger partial charge >= 0.3 is 0 Å². The van der Waals surface area contributed by atoms with E-state index >= 15 is 0 Å². The highest BCUT2D eigenvalue weighted by molar-refractivity contribution is 5.29. The SMILES string of the molecule is Cc1ccc(C2(CCN3CCCC3)CCCC2)cc1. The molecule has 0 unspecified atom stereocenters. The van der Waals surface area contributed by atoms with Crippen LogP contribution in [0.1, 0.15) is 56.1 Å². The maximum absolute atomic E-state index is 2.67. The number of rotatable bonds is 4. The van der Waals surface area contributed by atoms with Gasteiger partial charge < -0.3 is 4.90 Å². The van der Waals surface area contributed by atoms with Crippen molar-refractivity contribution in [3.63, 3.8) is 0 Å². The molecule has 0 N–H and O–H groups in total. The Morgan fingerprint density at radius 3 is 2.21 bits per heavy atom. The first-order chi connectivity index (χ1) is 9.28. The highest BCUT2D eigenvalue weighted by Crippen LogP contribution is 2.44. The Kier molecular flexibility index (Phi) is 3.93. The molecule has 2 fully saturated rings. The number of nitrogens with zero attached hydrogens (tertiary/aromatic N) is 1. The van der Waals surface area contributed by atoms with Crippen molar-refractivity contribution >= 4 is 0 Å². The molecule has 1 heterocycles. The van der Waals surface area contributed by atoms with Crippen molar-refractivity contribution in [2.24, 2.45) is 0 Å². The predicted octanol–water partition coefficient (Wildman–Crippen LogP) is 4.29. The monoisotopic (exact) mass is 257 g/mol. The normalized spacial score (nSPS) is 23.0. The summed E-state index contributed by atoms with van der Waals surface area (Å²) in [4.78, 5) is 2.67. The molecule has 0 bridgehead atoms. The number of aryl methyl sites for hydroxylation is 1. The first-order valence-corrected chi connectivity index (χ1v) is 8.08. The third kappa shape index (κ3) is 2.86. The second-order valence-electron chi connectivity index (χ2n) is 6.65. The fourth-order valence-corrected chi connectivity index (χ4v) is 4.02. The molecule has 1 aliphatic carbocycles. The second-order valence-corrected chi connectivity index (χ2v) is 6.65. The number of hydrogen-bond acceptors (Lipinski definition) is 1. The fraction of sp³-hybridized carbons (Fsp3) is 0.667. The minimum absolute atomic E-state index is 0.496. The summed E-state index contributed by atoms with van der Waals surface area (Å²) in [6, 6.07) is 9.38. The molecule has 0 amide bonds. The molecule has 0 atom stereocenters. The molecule has 3 rings (SSSR count). The maximum Gasteiger partial charge on any atom is -0.00102 e. The molecule has 1 heteroatoms. The van der Waals surface area contributed by atoms with E-state index in [-0.39, 0.29) is 0 Å². The largest absolute Gasteiger partial charge is 0.303 e. The molecule has 1 nitrogen and oxygen atoms in total. The Labute approximate surface area is 118 Å². The molecule has 104 valence electrons. The molecule has 0 radical (unpaired) electrons. The van der Waals surface area contributed by atoms with Crippen LogP contribution in [-0.4, -0.2) is 24.5 Å². The van der Waals surface area contributed by atoms with Crippen LogP contribution in [-0.2, 0) is 5.41 Å². The van der Waals surface area contributed by atoms with E-state index in [1.807, 2.05) is 0 Å². The Morgan fingerprint density at radius 1 is 0.947 bits per heavy atom. The third-order valence-corrected chi connectivity index (χ3v) is 5.33. The van der Waals surface area contributed by atoms with Crippen LogP contribution < -0.4 is 0 Å². The van der Waals surface area contributed by atoms with Crippen LogP contribution in [0, 0.1) is 6.92 Å². The quantitative estimate of drug-likeness (QED) is 0.777. The second kappa shape index (κ2) is 5.66. The van der Waals surface area contributed by atoms with E-state index in [2.05, 4.69) is 36.1 Å². The number of likely N-dealkylation sites (tertiary alicyclic amines) is 1. The lowest BCUT2D eigenvalue weighted by Crippen LogP contribution is -2.30. The van der Waals surface area contributed by atoms with E-state index in [1.165, 1.54) is 70.1 Å². The van der Waals surface area contributed by atoms with Crippen molar-refractivity contribution in [3.8, 4) is 0 Å². The van der Waals surface area contributed by atoms with Crippen LogP contribution in [0.5, 0.6) is 0 Å². The Morgan fingerprint density at radius 2 is 1.58 bits per heavy atom. The van der Waals surface area contributed by atoms with Gasteiger partial charge in [0.05, 0.1) is 0 Å². The van der Waals surface area contributed by atoms with Gasteiger partial charge in [0.1, 0.15) is 0 Å². The Hall–Kier alpha value is -0.820. The molecule has 0 aromatic heterocycles. The number of hydrogen-bond donors (Lipinski definition) is 0. The van der Waals surface area contributed by atoms with Crippen LogP contribution >= 0.6 is 0 Å². The zero-order chi connectivity index (χ0) is 13.1. The highest BCUT2D eigenvalue weighted by Gasteiger charge is 2.35.